The van der Waals surface area contributed by atoms with Crippen LogP contribution in [0.2, 0.25) is 5.02 Å². The van der Waals surface area contributed by atoms with Crippen LogP contribution in [-0.4, -0.2) is 49.5 Å². The summed E-state index contributed by atoms with van der Waals surface area (Å²) in [5, 5.41) is 1.11. The van der Waals surface area contributed by atoms with E-state index in [1.54, 1.807) is 11.0 Å². The van der Waals surface area contributed by atoms with E-state index < -0.39 is 6.04 Å². The number of carbonyl (C=O) groups excluding carboxylic acids is 1. The number of ether oxygens (including phenoxy) is 2. The minimum Gasteiger partial charge on any atom is -0.490 e. The van der Waals surface area contributed by atoms with Crippen LogP contribution in [0.4, 0.5) is 0 Å². The van der Waals surface area contributed by atoms with Crippen molar-refractivity contribution in [1.82, 2.24) is 9.80 Å². The maximum Gasteiger partial charge on any atom is 0.290 e. The third-order valence-corrected chi connectivity index (χ3v) is 7.52. The van der Waals surface area contributed by atoms with Crippen molar-refractivity contribution in [2.45, 2.75) is 32.9 Å². The molecule has 0 saturated heterocycles. The molecule has 0 aliphatic carbocycles. The lowest BCUT2D eigenvalue weighted by atomic mass is 9.97. The van der Waals surface area contributed by atoms with E-state index in [0.29, 0.717) is 52.8 Å². The van der Waals surface area contributed by atoms with Crippen molar-refractivity contribution >= 4 is 28.5 Å². The van der Waals surface area contributed by atoms with Gasteiger partial charge in [0.2, 0.25) is 5.76 Å². The molecule has 4 aromatic rings. The average Bonchev–Trinajstić information content (AvgIpc) is 3.23. The summed E-state index contributed by atoms with van der Waals surface area (Å²) in [6.45, 7) is 5.67. The van der Waals surface area contributed by atoms with Crippen LogP contribution in [0, 0.1) is 0 Å². The number of carbonyl (C=O) groups is 1. The van der Waals surface area contributed by atoms with Gasteiger partial charge in [-0.15, -0.1) is 0 Å². The minimum atomic E-state index is -0.620. The number of aryl methyl sites for hydroxylation is 1. The van der Waals surface area contributed by atoms with Gasteiger partial charge in [-0.1, -0.05) is 48.9 Å². The zero-order valence-corrected chi connectivity index (χ0v) is 24.0. The number of benzene rings is 3. The second kappa shape index (κ2) is 11.7. The molecule has 0 spiro atoms. The second-order valence-corrected chi connectivity index (χ2v) is 10.5. The number of nitrogens with zero attached hydrogens (tertiary/aromatic N) is 2. The van der Waals surface area contributed by atoms with Crippen molar-refractivity contribution in [2.75, 3.05) is 33.8 Å². The Morgan fingerprint density at radius 3 is 2.50 bits per heavy atom. The van der Waals surface area contributed by atoms with Crippen LogP contribution in [0.3, 0.4) is 0 Å². The number of fused-ring (bicyclic) bond motifs is 2. The summed E-state index contributed by atoms with van der Waals surface area (Å²) >= 11 is 6.32. The molecular weight excluding hydrogens is 528 g/mol. The number of likely N-dealkylation sites (N-methyl/N-ethyl adjacent to an activating group) is 1. The van der Waals surface area contributed by atoms with E-state index >= 15 is 0 Å². The molecule has 1 atom stereocenters. The molecule has 7 nitrogen and oxygen atoms in total. The summed E-state index contributed by atoms with van der Waals surface area (Å²) in [5.74, 6) is 0.881. The first-order valence-electron chi connectivity index (χ1n) is 13.5. The van der Waals surface area contributed by atoms with Gasteiger partial charge in [0.1, 0.15) is 12.2 Å². The summed E-state index contributed by atoms with van der Waals surface area (Å²) in [5.41, 5.74) is 3.23. The average molecular weight is 561 g/mol. The number of amides is 1. The molecule has 1 aromatic heterocycles. The van der Waals surface area contributed by atoms with Crippen LogP contribution in [0.25, 0.3) is 11.0 Å². The van der Waals surface area contributed by atoms with Gasteiger partial charge in [0.25, 0.3) is 5.91 Å². The van der Waals surface area contributed by atoms with E-state index in [1.807, 2.05) is 87.4 Å². The van der Waals surface area contributed by atoms with Gasteiger partial charge in [0.15, 0.2) is 16.9 Å². The van der Waals surface area contributed by atoms with Crippen LogP contribution in [0.15, 0.2) is 69.9 Å². The SMILES string of the molecule is CCOc1cc(C2c3c(oc4ccc(CC)cc4c3=O)C(=O)N2CCN(C)C)ccc1OCc1ccccc1Cl. The van der Waals surface area contributed by atoms with E-state index in [2.05, 4.69) is 0 Å². The minimum absolute atomic E-state index is 0.0995. The number of rotatable bonds is 10. The fourth-order valence-electron chi connectivity index (χ4n) is 5.03. The third-order valence-electron chi connectivity index (χ3n) is 7.15. The molecule has 1 amide bonds. The Labute approximate surface area is 238 Å². The van der Waals surface area contributed by atoms with Crippen molar-refractivity contribution in [2.24, 2.45) is 0 Å². The zero-order valence-electron chi connectivity index (χ0n) is 23.2. The van der Waals surface area contributed by atoms with Crippen molar-refractivity contribution in [3.05, 3.63) is 104 Å². The Morgan fingerprint density at radius 1 is 0.975 bits per heavy atom. The number of hydrogen-bond acceptors (Lipinski definition) is 6. The van der Waals surface area contributed by atoms with E-state index in [1.165, 1.54) is 0 Å². The molecule has 0 radical (unpaired) electrons. The first-order chi connectivity index (χ1) is 19.3. The van der Waals surface area contributed by atoms with Crippen LogP contribution in [-0.2, 0) is 13.0 Å². The monoisotopic (exact) mass is 560 g/mol. The first-order valence-corrected chi connectivity index (χ1v) is 13.9. The molecular formula is C32H33ClN2O5. The predicted molar refractivity (Wildman–Crippen MR) is 157 cm³/mol. The van der Waals surface area contributed by atoms with Gasteiger partial charge in [-0.3, -0.25) is 9.59 Å². The Hall–Kier alpha value is -3.81. The van der Waals surface area contributed by atoms with Gasteiger partial charge in [0, 0.05) is 23.7 Å². The molecule has 1 aliphatic heterocycles. The highest BCUT2D eigenvalue weighted by Crippen LogP contribution is 2.41. The molecule has 40 heavy (non-hydrogen) atoms. The Bertz CT molecular complexity index is 1610. The lowest BCUT2D eigenvalue weighted by Crippen LogP contribution is -2.35. The number of halogens is 1. The predicted octanol–water partition coefficient (Wildman–Crippen LogP) is 6.09. The molecule has 2 heterocycles. The largest absolute Gasteiger partial charge is 0.490 e. The lowest BCUT2D eigenvalue weighted by Gasteiger charge is -2.27. The topological polar surface area (TPSA) is 72.2 Å². The molecule has 5 rings (SSSR count). The zero-order chi connectivity index (χ0) is 28.4. The molecule has 8 heteroatoms. The quantitative estimate of drug-likeness (QED) is 0.234. The standard InChI is InChI=1S/C32H33ClN2O5/c1-5-20-11-13-25-23(17-20)30(36)28-29(35(16-15-34(3)4)32(37)31(28)40-25)21-12-14-26(27(18-21)38-6-2)39-19-22-9-7-8-10-24(22)33/h7-14,17-18,29H,5-6,15-16,19H2,1-4H3. The highest BCUT2D eigenvalue weighted by atomic mass is 35.5. The summed E-state index contributed by atoms with van der Waals surface area (Å²) < 4.78 is 18.2. The van der Waals surface area contributed by atoms with E-state index in [9.17, 15) is 9.59 Å². The van der Waals surface area contributed by atoms with Crippen LogP contribution < -0.4 is 14.9 Å². The van der Waals surface area contributed by atoms with Crippen LogP contribution in [0.1, 0.15) is 52.7 Å². The summed E-state index contributed by atoms with van der Waals surface area (Å²) in [6, 6.07) is 18.0. The molecule has 0 fully saturated rings. The van der Waals surface area contributed by atoms with Gasteiger partial charge >= 0.3 is 0 Å². The Kier molecular flexibility index (Phi) is 8.14. The molecule has 0 N–H and O–H groups in total. The maximum absolute atomic E-state index is 14.0. The molecule has 3 aromatic carbocycles. The van der Waals surface area contributed by atoms with E-state index in [-0.39, 0.29) is 23.7 Å². The van der Waals surface area contributed by atoms with Gasteiger partial charge in [-0.05, 0) is 68.9 Å². The van der Waals surface area contributed by atoms with Crippen LogP contribution >= 0.6 is 11.6 Å². The van der Waals surface area contributed by atoms with Crippen molar-refractivity contribution < 1.29 is 18.7 Å². The fourth-order valence-corrected chi connectivity index (χ4v) is 5.22. The summed E-state index contributed by atoms with van der Waals surface area (Å²) in [7, 11) is 3.90. The summed E-state index contributed by atoms with van der Waals surface area (Å²) in [6.07, 6.45) is 0.789. The first kappa shape index (κ1) is 27.7. The normalized spacial score (nSPS) is 14.7. The van der Waals surface area contributed by atoms with E-state index in [0.717, 1.165) is 23.1 Å². The lowest BCUT2D eigenvalue weighted by molar-refractivity contribution is 0.0716. The Balaban J connectivity index is 1.60. The fraction of sp³-hybridized carbons (Fsp3) is 0.312. The van der Waals surface area contributed by atoms with Gasteiger partial charge in [0.05, 0.1) is 23.6 Å². The Morgan fingerprint density at radius 2 is 1.77 bits per heavy atom. The van der Waals surface area contributed by atoms with Gasteiger partial charge in [-0.2, -0.15) is 0 Å². The second-order valence-electron chi connectivity index (χ2n) is 10.1. The highest BCUT2D eigenvalue weighted by Gasteiger charge is 2.42. The molecule has 0 saturated carbocycles. The van der Waals surface area contributed by atoms with E-state index in [4.69, 9.17) is 25.5 Å². The van der Waals surface area contributed by atoms with Crippen molar-refractivity contribution in [1.29, 1.82) is 0 Å². The van der Waals surface area contributed by atoms with Crippen molar-refractivity contribution in [3.8, 4) is 11.5 Å². The van der Waals surface area contributed by atoms with Crippen LogP contribution in [0.5, 0.6) is 11.5 Å². The van der Waals surface area contributed by atoms with Crippen molar-refractivity contribution in [3.63, 3.8) is 0 Å². The molecule has 1 aliphatic rings. The number of hydrogen-bond donors (Lipinski definition) is 0. The molecule has 0 bridgehead atoms. The smallest absolute Gasteiger partial charge is 0.290 e. The van der Waals surface area contributed by atoms with Gasteiger partial charge in [-0.25, -0.2) is 0 Å². The van der Waals surface area contributed by atoms with Gasteiger partial charge < -0.3 is 23.7 Å². The maximum atomic E-state index is 14.0. The highest BCUT2D eigenvalue weighted by molar-refractivity contribution is 6.31. The molecule has 208 valence electrons. The third kappa shape index (κ3) is 5.31. The molecule has 1 unspecified atom stereocenters. The summed E-state index contributed by atoms with van der Waals surface area (Å²) in [4.78, 5) is 31.4.